The van der Waals surface area contributed by atoms with Gasteiger partial charge < -0.3 is 15.0 Å². The number of hydrogen-bond acceptors (Lipinski definition) is 7. The lowest BCUT2D eigenvalue weighted by atomic mass is 10.1. The van der Waals surface area contributed by atoms with Gasteiger partial charge in [0, 0.05) is 44.5 Å². The monoisotopic (exact) mass is 504 g/mol. The van der Waals surface area contributed by atoms with Crippen molar-refractivity contribution in [1.29, 1.82) is 0 Å². The highest BCUT2D eigenvalue weighted by atomic mass is 32.1. The van der Waals surface area contributed by atoms with Crippen molar-refractivity contribution in [2.75, 3.05) is 38.6 Å². The van der Waals surface area contributed by atoms with Crippen LogP contribution in [0.4, 0.5) is 10.5 Å². The number of aryl methyl sites for hydroxylation is 1. The number of rotatable bonds is 6. The third-order valence-corrected chi connectivity index (χ3v) is 7.24. The molecule has 9 nitrogen and oxygen atoms in total. The highest BCUT2D eigenvalue weighted by Crippen LogP contribution is 2.32. The Morgan fingerprint density at radius 2 is 1.83 bits per heavy atom. The fourth-order valence-corrected chi connectivity index (χ4v) is 5.19. The van der Waals surface area contributed by atoms with Gasteiger partial charge in [-0.3, -0.25) is 9.69 Å². The summed E-state index contributed by atoms with van der Waals surface area (Å²) in [5.41, 5.74) is 3.35. The normalized spacial score (nSPS) is 14.2. The fourth-order valence-electron chi connectivity index (χ4n) is 4.23. The van der Waals surface area contributed by atoms with E-state index >= 15 is 0 Å². The van der Waals surface area contributed by atoms with Crippen molar-refractivity contribution in [2.24, 2.45) is 0 Å². The summed E-state index contributed by atoms with van der Waals surface area (Å²) >= 11 is 1.36. The van der Waals surface area contributed by atoms with Crippen LogP contribution in [-0.4, -0.2) is 63.7 Å². The number of urea groups is 1. The SMILES string of the molecule is CCc1ccc(NC(=O)N2CCN(Cc3cc(=O)n4nc(-c5ccccc5OC)sc4n3)CC2)cc1. The van der Waals surface area contributed by atoms with E-state index < -0.39 is 0 Å². The summed E-state index contributed by atoms with van der Waals surface area (Å²) in [6.07, 6.45) is 0.969. The van der Waals surface area contributed by atoms with E-state index in [2.05, 4.69) is 22.2 Å². The van der Waals surface area contributed by atoms with Crippen LogP contribution in [0.25, 0.3) is 15.5 Å². The molecule has 1 N–H and O–H groups in total. The highest BCUT2D eigenvalue weighted by molar-refractivity contribution is 7.19. The zero-order chi connectivity index (χ0) is 25.1. The Balaban J connectivity index is 1.23. The molecule has 0 radical (unpaired) electrons. The molecule has 0 atom stereocenters. The molecule has 10 heteroatoms. The molecule has 1 aliphatic heterocycles. The Kier molecular flexibility index (Phi) is 6.97. The van der Waals surface area contributed by atoms with Gasteiger partial charge in [0.1, 0.15) is 5.75 Å². The van der Waals surface area contributed by atoms with Crippen LogP contribution in [0.15, 0.2) is 59.4 Å². The second-order valence-corrected chi connectivity index (χ2v) is 9.59. The van der Waals surface area contributed by atoms with Crippen LogP contribution in [0.3, 0.4) is 0 Å². The minimum absolute atomic E-state index is 0.0924. The van der Waals surface area contributed by atoms with Crippen LogP contribution in [0.2, 0.25) is 0 Å². The first-order valence-electron chi connectivity index (χ1n) is 11.9. The van der Waals surface area contributed by atoms with E-state index in [1.165, 1.54) is 27.5 Å². The van der Waals surface area contributed by atoms with Crippen LogP contribution >= 0.6 is 11.3 Å². The number of benzene rings is 2. The van der Waals surface area contributed by atoms with Crippen molar-refractivity contribution in [2.45, 2.75) is 19.9 Å². The number of nitrogens with one attached hydrogen (secondary N) is 1. The molecule has 2 aromatic heterocycles. The van der Waals surface area contributed by atoms with E-state index in [1.807, 2.05) is 53.4 Å². The van der Waals surface area contributed by atoms with Gasteiger partial charge in [-0.15, -0.1) is 0 Å². The summed E-state index contributed by atoms with van der Waals surface area (Å²) in [5, 5.41) is 8.12. The molecule has 1 aliphatic rings. The van der Waals surface area contributed by atoms with E-state index in [0.29, 0.717) is 54.1 Å². The number of carbonyl (C=O) groups excluding carboxylic acids is 1. The van der Waals surface area contributed by atoms with Crippen LogP contribution in [0, 0.1) is 0 Å². The second kappa shape index (κ2) is 10.5. The van der Waals surface area contributed by atoms with Crippen molar-refractivity contribution >= 4 is 28.0 Å². The third kappa shape index (κ3) is 5.09. The molecule has 2 amide bonds. The topological polar surface area (TPSA) is 92.1 Å². The number of anilines is 1. The molecule has 0 spiro atoms. The Labute approximate surface area is 213 Å². The van der Waals surface area contributed by atoms with Crippen molar-refractivity contribution in [3.63, 3.8) is 0 Å². The van der Waals surface area contributed by atoms with Crippen LogP contribution in [0.1, 0.15) is 18.2 Å². The van der Waals surface area contributed by atoms with Gasteiger partial charge in [0.2, 0.25) is 4.96 Å². The zero-order valence-electron chi connectivity index (χ0n) is 20.3. The molecule has 0 saturated carbocycles. The molecule has 36 heavy (non-hydrogen) atoms. The number of carbonyl (C=O) groups is 1. The first-order valence-corrected chi connectivity index (χ1v) is 12.8. The molecule has 0 bridgehead atoms. The van der Waals surface area contributed by atoms with Gasteiger partial charge in [-0.2, -0.15) is 9.61 Å². The number of para-hydroxylation sites is 1. The lowest BCUT2D eigenvalue weighted by Gasteiger charge is -2.34. The first kappa shape index (κ1) is 24.0. The van der Waals surface area contributed by atoms with Gasteiger partial charge >= 0.3 is 6.03 Å². The van der Waals surface area contributed by atoms with Gasteiger partial charge in [0.15, 0.2) is 5.01 Å². The Morgan fingerprint density at radius 3 is 2.56 bits per heavy atom. The van der Waals surface area contributed by atoms with Gasteiger partial charge in [-0.1, -0.05) is 42.5 Å². The summed E-state index contributed by atoms with van der Waals surface area (Å²) in [7, 11) is 1.61. The molecule has 5 rings (SSSR count). The van der Waals surface area contributed by atoms with Crippen molar-refractivity contribution < 1.29 is 9.53 Å². The maximum absolute atomic E-state index is 12.8. The van der Waals surface area contributed by atoms with E-state index in [1.54, 1.807) is 7.11 Å². The van der Waals surface area contributed by atoms with Crippen molar-refractivity contribution in [1.82, 2.24) is 24.4 Å². The molecule has 1 fully saturated rings. The predicted octanol–water partition coefficient (Wildman–Crippen LogP) is 3.74. The number of ether oxygens (including phenoxy) is 1. The molecular weight excluding hydrogens is 476 g/mol. The number of piperazine rings is 1. The molecule has 1 saturated heterocycles. The van der Waals surface area contributed by atoms with Gasteiger partial charge in [0.25, 0.3) is 5.56 Å². The van der Waals surface area contributed by atoms with E-state index in [0.717, 1.165) is 17.7 Å². The van der Waals surface area contributed by atoms with Crippen molar-refractivity contribution in [3.05, 3.63) is 76.2 Å². The molecule has 0 aliphatic carbocycles. The quantitative estimate of drug-likeness (QED) is 0.430. The van der Waals surface area contributed by atoms with Crippen LogP contribution in [-0.2, 0) is 13.0 Å². The van der Waals surface area contributed by atoms with Gasteiger partial charge in [0.05, 0.1) is 18.4 Å². The summed E-state index contributed by atoms with van der Waals surface area (Å²) in [6.45, 7) is 5.28. The number of methoxy groups -OCH3 is 1. The predicted molar refractivity (Wildman–Crippen MR) is 141 cm³/mol. The lowest BCUT2D eigenvalue weighted by Crippen LogP contribution is -2.49. The van der Waals surface area contributed by atoms with Crippen LogP contribution < -0.4 is 15.6 Å². The molecule has 0 unspecified atom stereocenters. The first-order chi connectivity index (χ1) is 17.5. The average molecular weight is 505 g/mol. The molecular formula is C26H28N6O3S. The number of hydrogen-bond donors (Lipinski definition) is 1. The molecule has 2 aromatic carbocycles. The largest absolute Gasteiger partial charge is 0.496 e. The average Bonchev–Trinajstić information content (AvgIpc) is 3.34. The number of aromatic nitrogens is 3. The summed E-state index contributed by atoms with van der Waals surface area (Å²) in [6, 6.07) is 17.0. The van der Waals surface area contributed by atoms with Crippen LogP contribution in [0.5, 0.6) is 5.75 Å². The lowest BCUT2D eigenvalue weighted by molar-refractivity contribution is 0.142. The minimum atomic E-state index is -0.209. The minimum Gasteiger partial charge on any atom is -0.496 e. The van der Waals surface area contributed by atoms with E-state index in [4.69, 9.17) is 9.72 Å². The molecule has 186 valence electrons. The number of amides is 2. The van der Waals surface area contributed by atoms with E-state index in [9.17, 15) is 9.59 Å². The number of nitrogens with zero attached hydrogens (tertiary/aromatic N) is 5. The smallest absolute Gasteiger partial charge is 0.321 e. The number of fused-ring (bicyclic) bond motifs is 1. The fraction of sp³-hybridized carbons (Fsp3) is 0.308. The summed E-state index contributed by atoms with van der Waals surface area (Å²) in [5.74, 6) is 0.699. The maximum atomic E-state index is 12.8. The Hall–Kier alpha value is -3.76. The van der Waals surface area contributed by atoms with E-state index in [-0.39, 0.29) is 11.6 Å². The summed E-state index contributed by atoms with van der Waals surface area (Å²) < 4.78 is 6.78. The Bertz CT molecular complexity index is 1420. The molecule has 3 heterocycles. The third-order valence-electron chi connectivity index (χ3n) is 6.29. The maximum Gasteiger partial charge on any atom is 0.321 e. The van der Waals surface area contributed by atoms with Gasteiger partial charge in [-0.05, 0) is 36.2 Å². The summed E-state index contributed by atoms with van der Waals surface area (Å²) in [4.78, 5) is 34.7. The zero-order valence-corrected chi connectivity index (χ0v) is 21.1. The van der Waals surface area contributed by atoms with Gasteiger partial charge in [-0.25, -0.2) is 9.78 Å². The standard InChI is InChI=1S/C26H28N6O3S/c1-3-18-8-10-19(11-9-18)27-25(34)31-14-12-30(13-15-31)17-20-16-23(33)32-26(28-20)36-24(29-32)21-6-4-5-7-22(21)35-2/h4-11,16H,3,12-15,17H2,1-2H3,(H,27,34). The second-order valence-electron chi connectivity index (χ2n) is 8.63. The van der Waals surface area contributed by atoms with Crippen molar-refractivity contribution in [3.8, 4) is 16.3 Å². The molecule has 4 aromatic rings. The highest BCUT2D eigenvalue weighted by Gasteiger charge is 2.22. The Morgan fingerprint density at radius 1 is 1.08 bits per heavy atom.